The van der Waals surface area contributed by atoms with Gasteiger partial charge in [-0.15, -0.1) is 0 Å². The zero-order chi connectivity index (χ0) is 11.1. The van der Waals surface area contributed by atoms with Gasteiger partial charge in [0.15, 0.2) is 6.61 Å². The van der Waals surface area contributed by atoms with Crippen molar-refractivity contribution in [1.29, 1.82) is 0 Å². The zero-order valence-electron chi connectivity index (χ0n) is 9.04. The highest BCUT2D eigenvalue weighted by Crippen LogP contribution is 2.09. The lowest BCUT2D eigenvalue weighted by molar-refractivity contribution is -0.146. The second-order valence-corrected chi connectivity index (χ2v) is 3.78. The van der Waals surface area contributed by atoms with Gasteiger partial charge >= 0.3 is 5.97 Å². The topological polar surface area (TPSA) is 67.4 Å². The van der Waals surface area contributed by atoms with Gasteiger partial charge in [-0.05, 0) is 31.8 Å². The van der Waals surface area contributed by atoms with E-state index >= 15 is 0 Å². The van der Waals surface area contributed by atoms with Gasteiger partial charge in [-0.2, -0.15) is 0 Å². The molecule has 1 heterocycles. The first-order chi connectivity index (χ1) is 7.18. The van der Waals surface area contributed by atoms with E-state index in [1.165, 1.54) is 6.92 Å². The lowest BCUT2D eigenvalue weighted by Crippen LogP contribution is -2.37. The number of rotatable bonds is 4. The first-order valence-corrected chi connectivity index (χ1v) is 5.29. The van der Waals surface area contributed by atoms with E-state index in [-0.39, 0.29) is 12.5 Å². The van der Waals surface area contributed by atoms with Crippen molar-refractivity contribution >= 4 is 11.9 Å². The molecule has 0 aromatic heterocycles. The lowest BCUT2D eigenvalue weighted by atomic mass is 9.98. The molecule has 0 aliphatic carbocycles. The van der Waals surface area contributed by atoms with Gasteiger partial charge in [0.1, 0.15) is 0 Å². The zero-order valence-corrected chi connectivity index (χ0v) is 9.04. The molecule has 5 nitrogen and oxygen atoms in total. The molecule has 0 unspecified atom stereocenters. The number of amides is 1. The Morgan fingerprint density at radius 1 is 1.40 bits per heavy atom. The highest BCUT2D eigenvalue weighted by molar-refractivity contribution is 5.79. The molecule has 0 bridgehead atoms. The van der Waals surface area contributed by atoms with Crippen LogP contribution >= 0.6 is 0 Å². The molecule has 0 spiro atoms. The maximum Gasteiger partial charge on any atom is 0.303 e. The molecule has 1 saturated heterocycles. The van der Waals surface area contributed by atoms with Crippen LogP contribution < -0.4 is 10.6 Å². The molecule has 0 atom stereocenters. The van der Waals surface area contributed by atoms with Crippen LogP contribution in [0.2, 0.25) is 0 Å². The average Bonchev–Trinajstić information content (AvgIpc) is 2.25. The largest absolute Gasteiger partial charge is 0.456 e. The van der Waals surface area contributed by atoms with Gasteiger partial charge in [-0.25, -0.2) is 0 Å². The fraction of sp³-hybridized carbons (Fsp3) is 0.800. The number of ether oxygens (including phenoxy) is 1. The third kappa shape index (κ3) is 5.37. The molecule has 86 valence electrons. The van der Waals surface area contributed by atoms with Crippen LogP contribution in [0.25, 0.3) is 0 Å². The Morgan fingerprint density at radius 2 is 2.07 bits per heavy atom. The van der Waals surface area contributed by atoms with E-state index in [4.69, 9.17) is 0 Å². The summed E-state index contributed by atoms with van der Waals surface area (Å²) in [7, 11) is 0. The summed E-state index contributed by atoms with van der Waals surface area (Å²) in [5.41, 5.74) is 0. The van der Waals surface area contributed by atoms with Crippen LogP contribution in [0.3, 0.4) is 0 Å². The molecule has 1 aliphatic rings. The minimum Gasteiger partial charge on any atom is -0.456 e. The van der Waals surface area contributed by atoms with Crippen molar-refractivity contribution in [2.75, 3.05) is 26.2 Å². The maximum atomic E-state index is 11.2. The number of esters is 1. The molecule has 2 N–H and O–H groups in total. The van der Waals surface area contributed by atoms with Gasteiger partial charge in [-0.3, -0.25) is 9.59 Å². The Hall–Kier alpha value is -1.10. The van der Waals surface area contributed by atoms with Crippen LogP contribution in [0.1, 0.15) is 19.8 Å². The maximum absolute atomic E-state index is 11.2. The van der Waals surface area contributed by atoms with E-state index in [0.29, 0.717) is 12.5 Å². The van der Waals surface area contributed by atoms with Crippen molar-refractivity contribution in [2.24, 2.45) is 5.92 Å². The second kappa shape index (κ2) is 6.40. The normalized spacial score (nSPS) is 17.1. The SMILES string of the molecule is CC(=O)OCC(=O)NCC1CCNCC1. The van der Waals surface area contributed by atoms with Crippen molar-refractivity contribution < 1.29 is 14.3 Å². The summed E-state index contributed by atoms with van der Waals surface area (Å²) >= 11 is 0. The van der Waals surface area contributed by atoms with E-state index in [2.05, 4.69) is 15.4 Å². The molecule has 0 radical (unpaired) electrons. The van der Waals surface area contributed by atoms with Crippen LogP contribution in [0.15, 0.2) is 0 Å². The Labute approximate surface area is 89.6 Å². The van der Waals surface area contributed by atoms with Gasteiger partial charge in [0.2, 0.25) is 0 Å². The number of carbonyl (C=O) groups excluding carboxylic acids is 2. The first-order valence-electron chi connectivity index (χ1n) is 5.29. The quantitative estimate of drug-likeness (QED) is 0.629. The number of hydrogen-bond acceptors (Lipinski definition) is 4. The number of carbonyl (C=O) groups is 2. The van der Waals surface area contributed by atoms with E-state index in [1.54, 1.807) is 0 Å². The average molecular weight is 214 g/mol. The van der Waals surface area contributed by atoms with Crippen LogP contribution in [-0.4, -0.2) is 38.1 Å². The molecule has 15 heavy (non-hydrogen) atoms. The van der Waals surface area contributed by atoms with E-state index in [9.17, 15) is 9.59 Å². The second-order valence-electron chi connectivity index (χ2n) is 3.78. The third-order valence-corrected chi connectivity index (χ3v) is 2.45. The van der Waals surface area contributed by atoms with Crippen molar-refractivity contribution in [3.63, 3.8) is 0 Å². The number of nitrogens with one attached hydrogen (secondary N) is 2. The van der Waals surface area contributed by atoms with Crippen molar-refractivity contribution in [1.82, 2.24) is 10.6 Å². The van der Waals surface area contributed by atoms with Crippen molar-refractivity contribution in [3.8, 4) is 0 Å². The van der Waals surface area contributed by atoms with E-state index in [0.717, 1.165) is 25.9 Å². The molecule has 0 aromatic rings. The molecular formula is C10H18N2O3. The van der Waals surface area contributed by atoms with Gasteiger partial charge in [0.05, 0.1) is 0 Å². The fourth-order valence-electron chi connectivity index (χ4n) is 1.56. The summed E-state index contributed by atoms with van der Waals surface area (Å²) in [6, 6.07) is 0. The Morgan fingerprint density at radius 3 is 2.67 bits per heavy atom. The molecule has 1 fully saturated rings. The summed E-state index contributed by atoms with van der Waals surface area (Å²) in [5, 5.41) is 6.02. The van der Waals surface area contributed by atoms with Crippen LogP contribution in [0.5, 0.6) is 0 Å². The van der Waals surface area contributed by atoms with Gasteiger partial charge in [-0.1, -0.05) is 0 Å². The molecular weight excluding hydrogens is 196 g/mol. The Bertz CT molecular complexity index is 225. The lowest BCUT2D eigenvalue weighted by Gasteiger charge is -2.22. The molecule has 0 saturated carbocycles. The highest BCUT2D eigenvalue weighted by Gasteiger charge is 2.13. The van der Waals surface area contributed by atoms with Crippen LogP contribution in [0, 0.1) is 5.92 Å². The minimum atomic E-state index is -0.424. The molecule has 5 heteroatoms. The summed E-state index contributed by atoms with van der Waals surface area (Å²) < 4.78 is 4.58. The first kappa shape index (κ1) is 12.0. The van der Waals surface area contributed by atoms with Crippen molar-refractivity contribution in [3.05, 3.63) is 0 Å². The Kier molecular flexibility index (Phi) is 5.10. The third-order valence-electron chi connectivity index (χ3n) is 2.45. The number of piperidine rings is 1. The standard InChI is InChI=1S/C10H18N2O3/c1-8(13)15-7-10(14)12-6-9-2-4-11-5-3-9/h9,11H,2-7H2,1H3,(H,12,14). The molecule has 1 rings (SSSR count). The van der Waals surface area contributed by atoms with E-state index in [1.807, 2.05) is 0 Å². The summed E-state index contributed by atoms with van der Waals surface area (Å²) in [5.74, 6) is -0.0942. The molecule has 1 aliphatic heterocycles. The monoisotopic (exact) mass is 214 g/mol. The summed E-state index contributed by atoms with van der Waals surface area (Å²) in [4.78, 5) is 21.6. The molecule has 0 aromatic carbocycles. The highest BCUT2D eigenvalue weighted by atomic mass is 16.5. The predicted molar refractivity (Wildman–Crippen MR) is 55.2 cm³/mol. The van der Waals surface area contributed by atoms with Crippen molar-refractivity contribution in [2.45, 2.75) is 19.8 Å². The molecule has 1 amide bonds. The van der Waals surface area contributed by atoms with Gasteiger partial charge in [0, 0.05) is 13.5 Å². The predicted octanol–water partition coefficient (Wildman–Crippen LogP) is -0.335. The fourth-order valence-corrected chi connectivity index (χ4v) is 1.56. The van der Waals surface area contributed by atoms with Crippen LogP contribution in [0.4, 0.5) is 0 Å². The minimum absolute atomic E-state index is 0.166. The van der Waals surface area contributed by atoms with Gasteiger partial charge < -0.3 is 15.4 Å². The summed E-state index contributed by atoms with van der Waals surface area (Å²) in [6.07, 6.45) is 2.18. The van der Waals surface area contributed by atoms with Gasteiger partial charge in [0.25, 0.3) is 5.91 Å². The van der Waals surface area contributed by atoms with E-state index < -0.39 is 5.97 Å². The smallest absolute Gasteiger partial charge is 0.303 e. The summed E-state index contributed by atoms with van der Waals surface area (Å²) in [6.45, 7) is 3.84. The number of hydrogen-bond donors (Lipinski definition) is 2. The van der Waals surface area contributed by atoms with Crippen LogP contribution in [-0.2, 0) is 14.3 Å². The Balaban J connectivity index is 2.07.